The minimum Gasteiger partial charge on any atom is -0.468 e. The summed E-state index contributed by atoms with van der Waals surface area (Å²) in [4.78, 5) is 18.0. The van der Waals surface area contributed by atoms with E-state index in [9.17, 15) is 4.79 Å². The molecular weight excluding hydrogens is 346 g/mol. The SMILES string of the molecule is COC(=O)[C@H]1CN(Cn2nc(-c3ccncc3)n(C)c2=S)CCS1. The van der Waals surface area contributed by atoms with Crippen molar-refractivity contribution in [3.8, 4) is 11.4 Å². The molecule has 0 saturated carbocycles. The molecule has 1 saturated heterocycles. The van der Waals surface area contributed by atoms with E-state index in [2.05, 4.69) is 15.0 Å². The lowest BCUT2D eigenvalue weighted by Gasteiger charge is -2.30. The van der Waals surface area contributed by atoms with E-state index in [1.165, 1.54) is 7.11 Å². The third kappa shape index (κ3) is 3.52. The molecule has 1 aliphatic rings. The number of thioether (sulfide) groups is 1. The van der Waals surface area contributed by atoms with E-state index in [-0.39, 0.29) is 11.2 Å². The second kappa shape index (κ2) is 7.45. The summed E-state index contributed by atoms with van der Waals surface area (Å²) in [5.41, 5.74) is 0.971. The molecule has 3 heterocycles. The predicted molar refractivity (Wildman–Crippen MR) is 95.1 cm³/mol. The lowest BCUT2D eigenvalue weighted by Crippen LogP contribution is -2.42. The van der Waals surface area contributed by atoms with Gasteiger partial charge in [-0.2, -0.15) is 5.10 Å². The van der Waals surface area contributed by atoms with Crippen molar-refractivity contribution in [1.29, 1.82) is 0 Å². The van der Waals surface area contributed by atoms with Gasteiger partial charge in [0.1, 0.15) is 5.25 Å². The molecule has 9 heteroatoms. The Morgan fingerprint density at radius 1 is 1.46 bits per heavy atom. The van der Waals surface area contributed by atoms with Gasteiger partial charge < -0.3 is 9.30 Å². The smallest absolute Gasteiger partial charge is 0.320 e. The molecular formula is C15H19N5O2S2. The first-order valence-electron chi connectivity index (χ1n) is 7.56. The minimum absolute atomic E-state index is 0.152. The van der Waals surface area contributed by atoms with Crippen LogP contribution in [0.15, 0.2) is 24.5 Å². The summed E-state index contributed by atoms with van der Waals surface area (Å²) < 4.78 is 9.19. The van der Waals surface area contributed by atoms with E-state index in [0.717, 1.165) is 23.7 Å². The second-order valence-corrected chi connectivity index (χ2v) is 7.18. The monoisotopic (exact) mass is 365 g/mol. The Bertz CT molecular complexity index is 774. The molecule has 7 nitrogen and oxygen atoms in total. The fourth-order valence-corrected chi connectivity index (χ4v) is 4.01. The average molecular weight is 365 g/mol. The number of esters is 1. The van der Waals surface area contributed by atoms with Crippen LogP contribution in [0.1, 0.15) is 0 Å². The number of hydrogen-bond acceptors (Lipinski definition) is 7. The Kier molecular flexibility index (Phi) is 5.32. The summed E-state index contributed by atoms with van der Waals surface area (Å²) >= 11 is 7.15. The molecule has 0 bridgehead atoms. The molecule has 0 amide bonds. The number of nitrogens with zero attached hydrogens (tertiary/aromatic N) is 5. The molecule has 1 fully saturated rings. The van der Waals surface area contributed by atoms with Crippen molar-refractivity contribution in [3.05, 3.63) is 29.3 Å². The molecule has 1 aliphatic heterocycles. The summed E-state index contributed by atoms with van der Waals surface area (Å²) in [6.45, 7) is 2.09. The number of rotatable bonds is 4. The highest BCUT2D eigenvalue weighted by atomic mass is 32.2. The van der Waals surface area contributed by atoms with Gasteiger partial charge in [-0.25, -0.2) is 4.68 Å². The van der Waals surface area contributed by atoms with Crippen LogP contribution < -0.4 is 0 Å². The van der Waals surface area contributed by atoms with Crippen molar-refractivity contribution in [2.75, 3.05) is 26.0 Å². The van der Waals surface area contributed by atoms with Gasteiger partial charge >= 0.3 is 5.97 Å². The molecule has 0 spiro atoms. The Balaban J connectivity index is 1.79. The number of methoxy groups -OCH3 is 1. The van der Waals surface area contributed by atoms with E-state index in [4.69, 9.17) is 17.0 Å². The highest BCUT2D eigenvalue weighted by Gasteiger charge is 2.27. The lowest BCUT2D eigenvalue weighted by atomic mass is 10.2. The summed E-state index contributed by atoms with van der Waals surface area (Å²) in [5, 5.41) is 4.50. The number of aromatic nitrogens is 4. The topological polar surface area (TPSA) is 65.2 Å². The van der Waals surface area contributed by atoms with Crippen LogP contribution in [0.4, 0.5) is 0 Å². The predicted octanol–water partition coefficient (Wildman–Crippen LogP) is 1.56. The summed E-state index contributed by atoms with van der Waals surface area (Å²) in [7, 11) is 3.34. The molecule has 128 valence electrons. The van der Waals surface area contributed by atoms with Crippen LogP contribution in [0.25, 0.3) is 11.4 Å². The molecule has 0 radical (unpaired) electrons. The zero-order chi connectivity index (χ0) is 17.1. The van der Waals surface area contributed by atoms with Gasteiger partial charge in [0.25, 0.3) is 0 Å². The van der Waals surface area contributed by atoms with Crippen LogP contribution in [0.2, 0.25) is 0 Å². The van der Waals surface area contributed by atoms with Crippen molar-refractivity contribution in [3.63, 3.8) is 0 Å². The van der Waals surface area contributed by atoms with E-state index in [0.29, 0.717) is 18.0 Å². The molecule has 2 aromatic rings. The molecule has 3 rings (SSSR count). The molecule has 0 aromatic carbocycles. The third-order valence-electron chi connectivity index (χ3n) is 3.93. The van der Waals surface area contributed by atoms with Crippen molar-refractivity contribution < 1.29 is 9.53 Å². The van der Waals surface area contributed by atoms with Gasteiger partial charge in [0.15, 0.2) is 10.6 Å². The Morgan fingerprint density at radius 3 is 2.92 bits per heavy atom. The maximum absolute atomic E-state index is 11.8. The fraction of sp³-hybridized carbons (Fsp3) is 0.467. The Hall–Kier alpha value is -1.71. The molecule has 24 heavy (non-hydrogen) atoms. The van der Waals surface area contributed by atoms with Gasteiger partial charge in [0, 0.05) is 43.8 Å². The zero-order valence-corrected chi connectivity index (χ0v) is 15.2. The summed E-state index contributed by atoms with van der Waals surface area (Å²) in [6, 6.07) is 3.82. The number of carbonyl (C=O) groups is 1. The highest BCUT2D eigenvalue weighted by Crippen LogP contribution is 2.21. The molecule has 0 unspecified atom stereocenters. The van der Waals surface area contributed by atoms with Crippen LogP contribution in [-0.2, 0) is 23.2 Å². The van der Waals surface area contributed by atoms with Crippen molar-refractivity contribution in [2.24, 2.45) is 7.05 Å². The van der Waals surface area contributed by atoms with Crippen LogP contribution in [0.5, 0.6) is 0 Å². The normalized spacial score (nSPS) is 18.5. The fourth-order valence-electron chi connectivity index (χ4n) is 2.63. The summed E-state index contributed by atoms with van der Waals surface area (Å²) in [5.74, 6) is 1.52. The quantitative estimate of drug-likeness (QED) is 0.602. The second-order valence-electron chi connectivity index (χ2n) is 5.50. The van der Waals surface area contributed by atoms with Gasteiger partial charge in [-0.3, -0.25) is 14.7 Å². The maximum Gasteiger partial charge on any atom is 0.320 e. The first-order chi connectivity index (χ1) is 11.6. The van der Waals surface area contributed by atoms with Gasteiger partial charge in [-0.1, -0.05) is 0 Å². The average Bonchev–Trinajstić information content (AvgIpc) is 2.90. The van der Waals surface area contributed by atoms with E-state index in [1.807, 2.05) is 23.7 Å². The minimum atomic E-state index is -0.174. The van der Waals surface area contributed by atoms with Gasteiger partial charge in [-0.05, 0) is 24.4 Å². The largest absolute Gasteiger partial charge is 0.468 e. The third-order valence-corrected chi connectivity index (χ3v) is 5.57. The highest BCUT2D eigenvalue weighted by molar-refractivity contribution is 8.00. The van der Waals surface area contributed by atoms with Gasteiger partial charge in [-0.15, -0.1) is 11.8 Å². The maximum atomic E-state index is 11.8. The van der Waals surface area contributed by atoms with Crippen molar-refractivity contribution in [2.45, 2.75) is 11.9 Å². The summed E-state index contributed by atoms with van der Waals surface area (Å²) in [6.07, 6.45) is 3.47. The van der Waals surface area contributed by atoms with Crippen molar-refractivity contribution >= 4 is 29.9 Å². The Labute approximate surface area is 149 Å². The van der Waals surface area contributed by atoms with Crippen molar-refractivity contribution in [1.82, 2.24) is 24.2 Å². The first kappa shape index (κ1) is 17.1. The molecule has 1 atom stereocenters. The molecule has 2 aromatic heterocycles. The molecule has 0 aliphatic carbocycles. The number of carbonyl (C=O) groups excluding carboxylic acids is 1. The van der Waals surface area contributed by atoms with Crippen LogP contribution in [0.3, 0.4) is 0 Å². The standard InChI is InChI=1S/C15H19N5O2S2/c1-18-13(11-3-5-16-6-4-11)17-20(15(18)23)10-19-7-8-24-12(9-19)14(21)22-2/h3-6,12H,7-10H2,1-2H3/t12-/m1/s1. The van der Waals surface area contributed by atoms with Crippen LogP contribution >= 0.6 is 24.0 Å². The van der Waals surface area contributed by atoms with Crippen LogP contribution in [0, 0.1) is 4.77 Å². The van der Waals surface area contributed by atoms with E-state index in [1.54, 1.807) is 28.8 Å². The number of pyridine rings is 1. The van der Waals surface area contributed by atoms with E-state index < -0.39 is 0 Å². The lowest BCUT2D eigenvalue weighted by molar-refractivity contribution is -0.140. The van der Waals surface area contributed by atoms with Gasteiger partial charge in [0.05, 0.1) is 13.8 Å². The first-order valence-corrected chi connectivity index (χ1v) is 9.02. The number of hydrogen-bond donors (Lipinski definition) is 0. The van der Waals surface area contributed by atoms with E-state index >= 15 is 0 Å². The van der Waals surface area contributed by atoms with Gasteiger partial charge in [0.2, 0.25) is 0 Å². The number of ether oxygens (including phenoxy) is 1. The Morgan fingerprint density at radius 2 is 2.21 bits per heavy atom. The molecule has 0 N–H and O–H groups in total. The van der Waals surface area contributed by atoms with Crippen LogP contribution in [-0.4, -0.2) is 61.4 Å². The zero-order valence-electron chi connectivity index (χ0n) is 13.6.